The number of hydrogen-bond donors (Lipinski definition) is 1. The molecule has 5 nitrogen and oxygen atoms in total. The van der Waals surface area contributed by atoms with Crippen LogP contribution >= 0.6 is 39.0 Å². The summed E-state index contributed by atoms with van der Waals surface area (Å²) in [5, 5.41) is 12.6. The van der Waals surface area contributed by atoms with E-state index in [2.05, 4.69) is 42.5 Å². The third-order valence-electron chi connectivity index (χ3n) is 3.92. The summed E-state index contributed by atoms with van der Waals surface area (Å²) >= 11 is 6.24. The predicted molar refractivity (Wildman–Crippen MR) is 119 cm³/mol. The topological polar surface area (TPSA) is 67.8 Å². The quantitative estimate of drug-likeness (QED) is 0.387. The van der Waals surface area contributed by atoms with Crippen LogP contribution in [-0.2, 0) is 4.79 Å². The maximum atomic E-state index is 12.2. The molecule has 2 heterocycles. The van der Waals surface area contributed by atoms with E-state index in [1.54, 1.807) is 0 Å². The summed E-state index contributed by atoms with van der Waals surface area (Å²) in [5.74, 6) is 0.140. The van der Waals surface area contributed by atoms with Gasteiger partial charge in [-0.2, -0.15) is 0 Å². The zero-order valence-corrected chi connectivity index (χ0v) is 18.1. The highest BCUT2D eigenvalue weighted by Gasteiger charge is 2.10. The average molecular weight is 471 g/mol. The molecule has 0 aliphatic rings. The lowest BCUT2D eigenvalue weighted by Crippen LogP contribution is -2.13. The van der Waals surface area contributed by atoms with E-state index in [1.807, 2.05) is 55.5 Å². The molecule has 0 saturated carbocycles. The molecule has 0 atom stereocenters. The monoisotopic (exact) mass is 470 g/mol. The molecular formula is C20H15BrN4OS2. The van der Waals surface area contributed by atoms with Gasteiger partial charge >= 0.3 is 0 Å². The Morgan fingerprint density at radius 3 is 2.68 bits per heavy atom. The summed E-state index contributed by atoms with van der Waals surface area (Å²) < 4.78 is 2.09. The van der Waals surface area contributed by atoms with E-state index in [0.717, 1.165) is 25.9 Å². The van der Waals surface area contributed by atoms with E-state index in [4.69, 9.17) is 0 Å². The number of thioether (sulfide) groups is 1. The molecule has 0 fully saturated rings. The summed E-state index contributed by atoms with van der Waals surface area (Å²) in [7, 11) is 0. The Morgan fingerprint density at radius 1 is 1.11 bits per heavy atom. The van der Waals surface area contributed by atoms with Crippen molar-refractivity contribution in [2.24, 2.45) is 0 Å². The molecule has 4 rings (SSSR count). The molecule has 2 aromatic heterocycles. The highest BCUT2D eigenvalue weighted by Crippen LogP contribution is 2.27. The molecular weight excluding hydrogens is 456 g/mol. The Labute approximate surface area is 178 Å². The second-order valence-electron chi connectivity index (χ2n) is 6.09. The number of nitrogens with zero attached hydrogens (tertiary/aromatic N) is 3. The SMILES string of the molecule is Cc1ccc2nc(NC(=O)CSc3ccc(-c4ccc(Br)cc4)nn3)sc2c1. The van der Waals surface area contributed by atoms with Crippen LogP contribution in [0, 0.1) is 6.92 Å². The van der Waals surface area contributed by atoms with E-state index >= 15 is 0 Å². The Morgan fingerprint density at radius 2 is 1.93 bits per heavy atom. The third-order valence-corrected chi connectivity index (χ3v) is 6.30. The van der Waals surface area contributed by atoms with Gasteiger partial charge in [-0.25, -0.2) is 4.98 Å². The summed E-state index contributed by atoms with van der Waals surface area (Å²) in [4.78, 5) is 16.7. The van der Waals surface area contributed by atoms with E-state index < -0.39 is 0 Å². The molecule has 2 aromatic carbocycles. The molecule has 4 aromatic rings. The number of benzene rings is 2. The van der Waals surface area contributed by atoms with Gasteiger partial charge in [-0.3, -0.25) is 4.79 Å². The number of hydrogen-bond acceptors (Lipinski definition) is 6. The fraction of sp³-hybridized carbons (Fsp3) is 0.100. The summed E-state index contributed by atoms with van der Waals surface area (Å²) in [6, 6.07) is 17.7. The number of rotatable bonds is 5. The standard InChI is InChI=1S/C20H15BrN4OS2/c1-12-2-7-16-17(10-12)28-20(22-16)23-18(26)11-27-19-9-8-15(24-25-19)13-3-5-14(21)6-4-13/h2-10H,11H2,1H3,(H,22,23,26). The second kappa shape index (κ2) is 8.38. The first-order valence-corrected chi connectivity index (χ1v) is 11.1. The van der Waals surface area contributed by atoms with Crippen molar-refractivity contribution in [3.8, 4) is 11.3 Å². The zero-order valence-electron chi connectivity index (χ0n) is 14.8. The van der Waals surface area contributed by atoms with Crippen molar-refractivity contribution >= 4 is 60.3 Å². The normalized spacial score (nSPS) is 10.9. The number of anilines is 1. The molecule has 8 heteroatoms. The third kappa shape index (κ3) is 4.57. The molecule has 0 radical (unpaired) electrons. The van der Waals surface area contributed by atoms with Crippen molar-refractivity contribution in [2.45, 2.75) is 11.9 Å². The van der Waals surface area contributed by atoms with Crippen molar-refractivity contribution in [2.75, 3.05) is 11.1 Å². The highest BCUT2D eigenvalue weighted by atomic mass is 79.9. The Kier molecular flexibility index (Phi) is 5.70. The van der Waals surface area contributed by atoms with Crippen LogP contribution in [0.15, 0.2) is 64.1 Å². The van der Waals surface area contributed by atoms with Gasteiger partial charge in [0.1, 0.15) is 5.03 Å². The number of amides is 1. The molecule has 1 amide bonds. The number of halogens is 1. The van der Waals surface area contributed by atoms with Gasteiger partial charge in [-0.1, -0.05) is 57.2 Å². The minimum absolute atomic E-state index is 0.112. The Bertz CT molecular complexity index is 1130. The van der Waals surface area contributed by atoms with Crippen molar-refractivity contribution in [3.63, 3.8) is 0 Å². The van der Waals surface area contributed by atoms with Crippen LogP contribution in [0.1, 0.15) is 5.56 Å². The van der Waals surface area contributed by atoms with E-state index in [1.165, 1.54) is 28.7 Å². The molecule has 0 saturated heterocycles. The molecule has 0 bridgehead atoms. The number of aryl methyl sites for hydroxylation is 1. The first-order valence-electron chi connectivity index (χ1n) is 8.46. The number of nitrogens with one attached hydrogen (secondary N) is 1. The van der Waals surface area contributed by atoms with Gasteiger partial charge in [-0.15, -0.1) is 10.2 Å². The lowest BCUT2D eigenvalue weighted by Gasteiger charge is -2.03. The van der Waals surface area contributed by atoms with Crippen molar-refractivity contribution in [1.29, 1.82) is 0 Å². The molecule has 0 spiro atoms. The number of aromatic nitrogens is 3. The van der Waals surface area contributed by atoms with Gasteiger partial charge in [0.05, 0.1) is 21.7 Å². The number of carbonyl (C=O) groups is 1. The maximum absolute atomic E-state index is 12.2. The Balaban J connectivity index is 1.35. The molecule has 0 unspecified atom stereocenters. The molecule has 140 valence electrons. The van der Waals surface area contributed by atoms with Crippen LogP contribution in [0.3, 0.4) is 0 Å². The van der Waals surface area contributed by atoms with Crippen molar-refractivity contribution < 1.29 is 4.79 Å². The Hall–Kier alpha value is -2.29. The molecule has 0 aliphatic heterocycles. The lowest BCUT2D eigenvalue weighted by molar-refractivity contribution is -0.113. The predicted octanol–water partition coefficient (Wildman–Crippen LogP) is 5.56. The van der Waals surface area contributed by atoms with Gasteiger partial charge in [0.25, 0.3) is 0 Å². The smallest absolute Gasteiger partial charge is 0.236 e. The summed E-state index contributed by atoms with van der Waals surface area (Å²) in [6.07, 6.45) is 0. The van der Waals surface area contributed by atoms with E-state index in [-0.39, 0.29) is 11.7 Å². The minimum atomic E-state index is -0.112. The molecule has 0 aliphatic carbocycles. The molecule has 28 heavy (non-hydrogen) atoms. The largest absolute Gasteiger partial charge is 0.301 e. The fourth-order valence-corrected chi connectivity index (χ4v) is 4.41. The first-order chi connectivity index (χ1) is 13.6. The van der Waals surface area contributed by atoms with E-state index in [9.17, 15) is 4.79 Å². The van der Waals surface area contributed by atoms with Gasteiger partial charge in [0, 0.05) is 10.0 Å². The summed E-state index contributed by atoms with van der Waals surface area (Å²) in [6.45, 7) is 2.04. The number of carbonyl (C=O) groups excluding carboxylic acids is 1. The number of fused-ring (bicyclic) bond motifs is 1. The second-order valence-corrected chi connectivity index (χ2v) is 9.03. The average Bonchev–Trinajstić information content (AvgIpc) is 3.08. The van der Waals surface area contributed by atoms with Crippen molar-refractivity contribution in [1.82, 2.24) is 15.2 Å². The number of thiazole rings is 1. The van der Waals surface area contributed by atoms with Crippen molar-refractivity contribution in [3.05, 3.63) is 64.6 Å². The lowest BCUT2D eigenvalue weighted by atomic mass is 10.1. The van der Waals surface area contributed by atoms with Gasteiger partial charge < -0.3 is 5.32 Å². The minimum Gasteiger partial charge on any atom is -0.301 e. The van der Waals surface area contributed by atoms with Crippen LogP contribution in [0.2, 0.25) is 0 Å². The van der Waals surface area contributed by atoms with Crippen LogP contribution in [-0.4, -0.2) is 26.8 Å². The van der Waals surface area contributed by atoms with Crippen LogP contribution in [0.4, 0.5) is 5.13 Å². The van der Waals surface area contributed by atoms with Crippen LogP contribution in [0.25, 0.3) is 21.5 Å². The van der Waals surface area contributed by atoms with Crippen LogP contribution < -0.4 is 5.32 Å². The van der Waals surface area contributed by atoms with Crippen LogP contribution in [0.5, 0.6) is 0 Å². The first kappa shape index (κ1) is 19.0. The maximum Gasteiger partial charge on any atom is 0.236 e. The zero-order chi connectivity index (χ0) is 19.5. The van der Waals surface area contributed by atoms with Gasteiger partial charge in [-0.05, 0) is 48.9 Å². The summed E-state index contributed by atoms with van der Waals surface area (Å²) in [5.41, 5.74) is 3.87. The van der Waals surface area contributed by atoms with E-state index in [0.29, 0.717) is 10.2 Å². The molecule has 1 N–H and O–H groups in total. The fourth-order valence-electron chi connectivity index (χ4n) is 2.55. The van der Waals surface area contributed by atoms with Gasteiger partial charge in [0.15, 0.2) is 5.13 Å². The highest BCUT2D eigenvalue weighted by molar-refractivity contribution is 9.10. The van der Waals surface area contributed by atoms with Gasteiger partial charge in [0.2, 0.25) is 5.91 Å².